The van der Waals surface area contributed by atoms with Gasteiger partial charge in [-0.05, 0) is 17.7 Å². The van der Waals surface area contributed by atoms with Crippen molar-refractivity contribution in [1.82, 2.24) is 19.5 Å². The minimum Gasteiger partial charge on any atom is -0.478 e. The normalized spacial score (nSPS) is 11.0. The number of aromatic amines is 1. The molecule has 0 bridgehead atoms. The molecule has 0 saturated heterocycles. The predicted molar refractivity (Wildman–Crippen MR) is 80.0 cm³/mol. The molecule has 7 heteroatoms. The maximum absolute atomic E-state index is 12.1. The summed E-state index contributed by atoms with van der Waals surface area (Å²) in [6, 6.07) is 6.51. The van der Waals surface area contributed by atoms with Crippen LogP contribution in [-0.4, -0.2) is 30.6 Å². The number of aromatic nitrogens is 4. The summed E-state index contributed by atoms with van der Waals surface area (Å²) in [5, 5.41) is 8.89. The monoisotopic (exact) mass is 298 g/mol. The highest BCUT2D eigenvalue weighted by Gasteiger charge is 2.10. The first-order valence-corrected chi connectivity index (χ1v) is 6.84. The number of hydrogen-bond donors (Lipinski definition) is 2. The van der Waals surface area contributed by atoms with Gasteiger partial charge in [-0.3, -0.25) is 4.79 Å². The van der Waals surface area contributed by atoms with Crippen molar-refractivity contribution in [2.75, 3.05) is 0 Å². The molecule has 0 aliphatic heterocycles. The molecule has 0 radical (unpaired) electrons. The van der Waals surface area contributed by atoms with Gasteiger partial charge >= 0.3 is 5.97 Å². The lowest BCUT2D eigenvalue weighted by Gasteiger charge is -2.05. The fourth-order valence-electron chi connectivity index (χ4n) is 2.27. The van der Waals surface area contributed by atoms with Gasteiger partial charge in [0.1, 0.15) is 5.82 Å². The van der Waals surface area contributed by atoms with E-state index in [0.717, 1.165) is 5.56 Å². The van der Waals surface area contributed by atoms with Crippen LogP contribution in [0.2, 0.25) is 0 Å². The summed E-state index contributed by atoms with van der Waals surface area (Å²) in [5.41, 5.74) is 1.72. The Balaban J connectivity index is 1.97. The minimum atomic E-state index is -0.965. The second-order valence-electron chi connectivity index (χ2n) is 4.91. The highest BCUT2D eigenvalue weighted by Crippen LogP contribution is 2.11. The van der Waals surface area contributed by atoms with Crippen molar-refractivity contribution in [2.24, 2.45) is 0 Å². The molecule has 0 fully saturated rings. The molecule has 1 aromatic carbocycles. The SMILES string of the molecule is CCc1nc2ncn(Cc3ccc(C(=O)O)cc3)c2c(=O)[nH]1. The summed E-state index contributed by atoms with van der Waals surface area (Å²) in [5.74, 6) is -0.360. The number of hydrogen-bond acceptors (Lipinski definition) is 4. The van der Waals surface area contributed by atoms with E-state index >= 15 is 0 Å². The standard InChI is InChI=1S/C15H14N4O3/c1-2-11-17-13-12(14(20)18-11)19(8-16-13)7-9-3-5-10(6-4-9)15(21)22/h3-6,8H,2,7H2,1H3,(H,21,22)(H,17,18,20). The first-order valence-electron chi connectivity index (χ1n) is 6.84. The summed E-state index contributed by atoms with van der Waals surface area (Å²) in [7, 11) is 0. The minimum absolute atomic E-state index is 0.221. The van der Waals surface area contributed by atoms with E-state index in [9.17, 15) is 9.59 Å². The molecule has 0 amide bonds. The van der Waals surface area contributed by atoms with Crippen molar-refractivity contribution in [3.63, 3.8) is 0 Å². The molecule has 0 spiro atoms. The lowest BCUT2D eigenvalue weighted by Crippen LogP contribution is -2.15. The van der Waals surface area contributed by atoms with E-state index in [1.54, 1.807) is 23.0 Å². The smallest absolute Gasteiger partial charge is 0.335 e. The molecule has 2 aromatic heterocycles. The van der Waals surface area contributed by atoms with Crippen molar-refractivity contribution < 1.29 is 9.90 Å². The second kappa shape index (κ2) is 5.44. The van der Waals surface area contributed by atoms with E-state index < -0.39 is 5.97 Å². The van der Waals surface area contributed by atoms with E-state index in [2.05, 4.69) is 15.0 Å². The van der Waals surface area contributed by atoms with Gasteiger partial charge in [-0.2, -0.15) is 0 Å². The second-order valence-corrected chi connectivity index (χ2v) is 4.91. The number of aryl methyl sites for hydroxylation is 1. The fourth-order valence-corrected chi connectivity index (χ4v) is 2.27. The Morgan fingerprint density at radius 1 is 1.32 bits per heavy atom. The lowest BCUT2D eigenvalue weighted by atomic mass is 10.1. The molecule has 7 nitrogen and oxygen atoms in total. The van der Waals surface area contributed by atoms with Crippen molar-refractivity contribution in [3.05, 3.63) is 57.9 Å². The quantitative estimate of drug-likeness (QED) is 0.758. The van der Waals surface area contributed by atoms with Crippen LogP contribution < -0.4 is 5.56 Å². The molecule has 3 rings (SSSR count). The van der Waals surface area contributed by atoms with Gasteiger partial charge in [-0.15, -0.1) is 0 Å². The topological polar surface area (TPSA) is 101 Å². The van der Waals surface area contributed by atoms with E-state index in [-0.39, 0.29) is 11.1 Å². The molecule has 0 aliphatic rings. The molecule has 0 unspecified atom stereocenters. The summed E-state index contributed by atoms with van der Waals surface area (Å²) in [6.45, 7) is 2.33. The van der Waals surface area contributed by atoms with E-state index in [4.69, 9.17) is 5.11 Å². The lowest BCUT2D eigenvalue weighted by molar-refractivity contribution is 0.0697. The number of fused-ring (bicyclic) bond motifs is 1. The maximum atomic E-state index is 12.1. The van der Waals surface area contributed by atoms with Crippen LogP contribution in [0, 0.1) is 0 Å². The Hall–Kier alpha value is -2.96. The Bertz CT molecular complexity index is 893. The molecular formula is C15H14N4O3. The number of carboxylic acids is 1. The largest absolute Gasteiger partial charge is 0.478 e. The van der Waals surface area contributed by atoms with Gasteiger partial charge < -0.3 is 14.7 Å². The summed E-state index contributed by atoms with van der Waals surface area (Å²) in [4.78, 5) is 34.2. The van der Waals surface area contributed by atoms with E-state index in [1.807, 2.05) is 6.92 Å². The van der Waals surface area contributed by atoms with Crippen molar-refractivity contribution >= 4 is 17.1 Å². The van der Waals surface area contributed by atoms with Crippen LogP contribution in [0.1, 0.15) is 28.7 Å². The van der Waals surface area contributed by atoms with Crippen LogP contribution >= 0.6 is 0 Å². The number of aromatic carboxylic acids is 1. The molecular weight excluding hydrogens is 284 g/mol. The molecule has 3 aromatic rings. The first kappa shape index (κ1) is 14.0. The van der Waals surface area contributed by atoms with Gasteiger partial charge in [-0.1, -0.05) is 19.1 Å². The first-order chi connectivity index (χ1) is 10.6. The maximum Gasteiger partial charge on any atom is 0.335 e. The zero-order chi connectivity index (χ0) is 15.7. The Morgan fingerprint density at radius 3 is 2.68 bits per heavy atom. The summed E-state index contributed by atoms with van der Waals surface area (Å²) in [6.07, 6.45) is 2.20. The van der Waals surface area contributed by atoms with Gasteiger partial charge in [0, 0.05) is 13.0 Å². The Kier molecular flexibility index (Phi) is 3.46. The third kappa shape index (κ3) is 2.48. The van der Waals surface area contributed by atoms with Gasteiger partial charge in [-0.25, -0.2) is 14.8 Å². The number of carbonyl (C=O) groups is 1. The molecule has 22 heavy (non-hydrogen) atoms. The number of nitrogens with zero attached hydrogens (tertiary/aromatic N) is 3. The zero-order valence-corrected chi connectivity index (χ0v) is 11.9. The van der Waals surface area contributed by atoms with Crippen LogP contribution in [0.25, 0.3) is 11.2 Å². The van der Waals surface area contributed by atoms with Gasteiger partial charge in [0.25, 0.3) is 5.56 Å². The Morgan fingerprint density at radius 2 is 2.05 bits per heavy atom. The predicted octanol–water partition coefficient (Wildman–Crippen LogP) is 1.43. The van der Waals surface area contributed by atoms with E-state index in [0.29, 0.717) is 30.0 Å². The van der Waals surface area contributed by atoms with Gasteiger partial charge in [0.2, 0.25) is 0 Å². The van der Waals surface area contributed by atoms with Gasteiger partial charge in [0.15, 0.2) is 11.2 Å². The number of nitrogens with one attached hydrogen (secondary N) is 1. The molecule has 2 heterocycles. The van der Waals surface area contributed by atoms with Crippen molar-refractivity contribution in [3.8, 4) is 0 Å². The molecule has 112 valence electrons. The number of imidazole rings is 1. The highest BCUT2D eigenvalue weighted by atomic mass is 16.4. The molecule has 0 saturated carbocycles. The average molecular weight is 298 g/mol. The highest BCUT2D eigenvalue weighted by molar-refractivity contribution is 5.87. The van der Waals surface area contributed by atoms with Crippen LogP contribution in [0.3, 0.4) is 0 Å². The Labute approximate surface area is 125 Å². The summed E-state index contributed by atoms with van der Waals surface area (Å²) < 4.78 is 1.70. The number of rotatable bonds is 4. The number of H-pyrrole nitrogens is 1. The van der Waals surface area contributed by atoms with E-state index in [1.165, 1.54) is 12.1 Å². The van der Waals surface area contributed by atoms with Crippen LogP contribution in [0.5, 0.6) is 0 Å². The van der Waals surface area contributed by atoms with Gasteiger partial charge in [0.05, 0.1) is 11.9 Å². The third-order valence-corrected chi connectivity index (χ3v) is 3.42. The number of benzene rings is 1. The van der Waals surface area contributed by atoms with Crippen molar-refractivity contribution in [2.45, 2.75) is 19.9 Å². The zero-order valence-electron chi connectivity index (χ0n) is 11.9. The summed E-state index contributed by atoms with van der Waals surface area (Å²) >= 11 is 0. The third-order valence-electron chi connectivity index (χ3n) is 3.42. The van der Waals surface area contributed by atoms with Crippen LogP contribution in [0.15, 0.2) is 35.4 Å². The van der Waals surface area contributed by atoms with Crippen molar-refractivity contribution in [1.29, 1.82) is 0 Å². The molecule has 0 atom stereocenters. The van der Waals surface area contributed by atoms with Crippen LogP contribution in [0.4, 0.5) is 0 Å². The van der Waals surface area contributed by atoms with Crippen LogP contribution in [-0.2, 0) is 13.0 Å². The average Bonchev–Trinajstić information content (AvgIpc) is 2.91. The fraction of sp³-hybridized carbons (Fsp3) is 0.200. The molecule has 0 aliphatic carbocycles. The number of carboxylic acid groups (broad SMARTS) is 1. The molecule has 2 N–H and O–H groups in total.